The molecule has 152 valence electrons. The number of hydrogen-bond acceptors (Lipinski definition) is 7. The molecule has 0 atom stereocenters. The quantitative estimate of drug-likeness (QED) is 0.602. The lowest BCUT2D eigenvalue weighted by molar-refractivity contribution is 0.309. The van der Waals surface area contributed by atoms with Crippen LogP contribution in [0.25, 0.3) is 11.3 Å². The lowest BCUT2D eigenvalue weighted by atomic mass is 10.1. The van der Waals surface area contributed by atoms with Crippen LogP contribution >= 0.6 is 0 Å². The van der Waals surface area contributed by atoms with E-state index < -0.39 is 10.0 Å². The van der Waals surface area contributed by atoms with Gasteiger partial charge in [0.1, 0.15) is 10.6 Å². The Morgan fingerprint density at radius 1 is 1.14 bits per heavy atom. The highest BCUT2D eigenvalue weighted by Gasteiger charge is 2.37. The SMILES string of the molecule is COc1ccccc1-c1ccc(N2CC(N(C)S(=O)(=O)c3cnn(C)c3)C2)nn1. The molecule has 3 heterocycles. The van der Waals surface area contributed by atoms with E-state index in [1.165, 1.54) is 21.4 Å². The van der Waals surface area contributed by atoms with Crippen molar-refractivity contribution >= 4 is 15.8 Å². The minimum atomic E-state index is -3.56. The summed E-state index contributed by atoms with van der Waals surface area (Å²) in [7, 11) is 1.35. The van der Waals surface area contributed by atoms with Crippen LogP contribution in [0.4, 0.5) is 5.82 Å². The van der Waals surface area contributed by atoms with Crippen molar-refractivity contribution in [3.63, 3.8) is 0 Å². The van der Waals surface area contributed by atoms with E-state index in [-0.39, 0.29) is 10.9 Å². The first-order valence-corrected chi connectivity index (χ1v) is 10.5. The summed E-state index contributed by atoms with van der Waals surface area (Å²) < 4.78 is 33.7. The largest absolute Gasteiger partial charge is 0.496 e. The Labute approximate surface area is 169 Å². The van der Waals surface area contributed by atoms with Crippen LogP contribution in [-0.4, -0.2) is 66.0 Å². The fraction of sp³-hybridized carbons (Fsp3) is 0.316. The van der Waals surface area contributed by atoms with Gasteiger partial charge in [-0.1, -0.05) is 12.1 Å². The Morgan fingerprint density at radius 3 is 2.52 bits per heavy atom. The Morgan fingerprint density at radius 2 is 1.90 bits per heavy atom. The minimum absolute atomic E-state index is 0.129. The third-order valence-corrected chi connectivity index (χ3v) is 6.95. The number of nitrogens with zero attached hydrogens (tertiary/aromatic N) is 6. The molecule has 0 amide bonds. The highest BCUT2D eigenvalue weighted by molar-refractivity contribution is 7.89. The minimum Gasteiger partial charge on any atom is -0.496 e. The average molecular weight is 414 g/mol. The normalized spacial score (nSPS) is 14.8. The zero-order valence-electron chi connectivity index (χ0n) is 16.4. The number of anilines is 1. The first-order valence-electron chi connectivity index (χ1n) is 9.09. The van der Waals surface area contributed by atoms with Crippen LogP contribution in [0.1, 0.15) is 0 Å². The summed E-state index contributed by atoms with van der Waals surface area (Å²) in [5.41, 5.74) is 1.59. The third kappa shape index (κ3) is 3.56. The molecule has 1 aliphatic rings. The van der Waals surface area contributed by atoms with Crippen LogP contribution in [0.15, 0.2) is 53.7 Å². The van der Waals surface area contributed by atoms with Gasteiger partial charge in [0.15, 0.2) is 5.82 Å². The van der Waals surface area contributed by atoms with Crippen molar-refractivity contribution in [3.8, 4) is 17.0 Å². The van der Waals surface area contributed by atoms with Gasteiger partial charge in [-0.25, -0.2) is 8.42 Å². The molecule has 3 aromatic rings. The zero-order chi connectivity index (χ0) is 20.6. The van der Waals surface area contributed by atoms with E-state index in [9.17, 15) is 8.42 Å². The molecule has 0 spiro atoms. The number of aryl methyl sites for hydroxylation is 1. The van der Waals surface area contributed by atoms with E-state index in [2.05, 4.69) is 15.3 Å². The van der Waals surface area contributed by atoms with E-state index in [1.807, 2.05) is 41.3 Å². The van der Waals surface area contributed by atoms with E-state index in [1.54, 1.807) is 21.2 Å². The number of para-hydroxylation sites is 1. The van der Waals surface area contributed by atoms with E-state index in [0.717, 1.165) is 17.0 Å². The second kappa shape index (κ2) is 7.45. The molecule has 1 saturated heterocycles. The van der Waals surface area contributed by atoms with Gasteiger partial charge >= 0.3 is 0 Å². The lowest BCUT2D eigenvalue weighted by Crippen LogP contribution is -2.60. The fourth-order valence-corrected chi connectivity index (χ4v) is 4.59. The first kappa shape index (κ1) is 19.3. The second-order valence-electron chi connectivity index (χ2n) is 6.91. The van der Waals surface area contributed by atoms with Crippen molar-refractivity contribution in [2.45, 2.75) is 10.9 Å². The molecule has 2 aromatic heterocycles. The highest BCUT2D eigenvalue weighted by atomic mass is 32.2. The number of methoxy groups -OCH3 is 1. The molecule has 0 aliphatic carbocycles. The third-order valence-electron chi connectivity index (χ3n) is 5.09. The molecule has 0 N–H and O–H groups in total. The van der Waals surface area contributed by atoms with Crippen LogP contribution in [0.2, 0.25) is 0 Å². The highest BCUT2D eigenvalue weighted by Crippen LogP contribution is 2.29. The van der Waals surface area contributed by atoms with Crippen LogP contribution < -0.4 is 9.64 Å². The molecule has 29 heavy (non-hydrogen) atoms. The maximum absolute atomic E-state index is 12.7. The first-order chi connectivity index (χ1) is 13.9. The summed E-state index contributed by atoms with van der Waals surface area (Å²) in [6, 6.07) is 11.3. The number of sulfonamides is 1. The van der Waals surface area contributed by atoms with Crippen LogP contribution in [0.5, 0.6) is 5.75 Å². The van der Waals surface area contributed by atoms with Crippen LogP contribution in [0.3, 0.4) is 0 Å². The van der Waals surface area contributed by atoms with Gasteiger partial charge in [-0.2, -0.15) is 9.40 Å². The van der Waals surface area contributed by atoms with Crippen molar-refractivity contribution in [3.05, 3.63) is 48.8 Å². The Hall–Kier alpha value is -2.98. The molecule has 1 aliphatic heterocycles. The molecular weight excluding hydrogens is 392 g/mol. The molecule has 0 radical (unpaired) electrons. The lowest BCUT2D eigenvalue weighted by Gasteiger charge is -2.43. The van der Waals surface area contributed by atoms with Gasteiger partial charge in [-0.15, -0.1) is 10.2 Å². The summed E-state index contributed by atoms with van der Waals surface area (Å²) >= 11 is 0. The number of rotatable bonds is 6. The van der Waals surface area contributed by atoms with Crippen LogP contribution in [-0.2, 0) is 17.1 Å². The van der Waals surface area contributed by atoms with Gasteiger partial charge in [0.05, 0.1) is 25.0 Å². The van der Waals surface area contributed by atoms with E-state index >= 15 is 0 Å². The van der Waals surface area contributed by atoms with Crippen molar-refractivity contribution in [2.24, 2.45) is 7.05 Å². The van der Waals surface area contributed by atoms with Gasteiger partial charge in [-0.3, -0.25) is 4.68 Å². The molecule has 0 saturated carbocycles. The van der Waals surface area contributed by atoms with Crippen molar-refractivity contribution in [1.82, 2.24) is 24.3 Å². The number of aromatic nitrogens is 4. The molecule has 0 unspecified atom stereocenters. The molecule has 9 nitrogen and oxygen atoms in total. The molecule has 4 rings (SSSR count). The number of hydrogen-bond donors (Lipinski definition) is 0. The molecular formula is C19H22N6O3S. The van der Waals surface area contributed by atoms with Crippen molar-refractivity contribution in [2.75, 3.05) is 32.1 Å². The Balaban J connectivity index is 1.43. The zero-order valence-corrected chi connectivity index (χ0v) is 17.2. The smallest absolute Gasteiger partial charge is 0.246 e. The van der Waals surface area contributed by atoms with Crippen molar-refractivity contribution < 1.29 is 13.2 Å². The molecule has 1 fully saturated rings. The predicted octanol–water partition coefficient (Wildman–Crippen LogP) is 1.39. The van der Waals surface area contributed by atoms with Gasteiger partial charge in [-0.05, 0) is 24.3 Å². The number of likely N-dealkylation sites (N-methyl/N-ethyl adjacent to an activating group) is 1. The fourth-order valence-electron chi connectivity index (χ4n) is 3.26. The maximum Gasteiger partial charge on any atom is 0.246 e. The molecule has 1 aromatic carbocycles. The van der Waals surface area contributed by atoms with E-state index in [4.69, 9.17) is 4.74 Å². The van der Waals surface area contributed by atoms with Crippen LogP contribution in [0, 0.1) is 0 Å². The summed E-state index contributed by atoms with van der Waals surface area (Å²) in [6.07, 6.45) is 2.87. The van der Waals surface area contributed by atoms with Crippen molar-refractivity contribution in [1.29, 1.82) is 0 Å². The summed E-state index contributed by atoms with van der Waals surface area (Å²) in [4.78, 5) is 2.20. The van der Waals surface area contributed by atoms with Gasteiger partial charge in [0, 0.05) is 38.9 Å². The monoisotopic (exact) mass is 414 g/mol. The molecule has 0 bridgehead atoms. The summed E-state index contributed by atoms with van der Waals surface area (Å²) in [5.74, 6) is 1.45. The Kier molecular flexibility index (Phi) is 4.97. The maximum atomic E-state index is 12.7. The standard InChI is InChI=1S/C19H22N6O3S/c1-23-13-15(10-20-23)29(26,27)24(2)14-11-25(12-14)19-9-8-17(21-22-19)16-6-4-5-7-18(16)28-3/h4-10,13-14H,11-12H2,1-3H3. The van der Waals surface area contributed by atoms with Gasteiger partial charge in [0.25, 0.3) is 0 Å². The topological polar surface area (TPSA) is 93.5 Å². The predicted molar refractivity (Wildman–Crippen MR) is 108 cm³/mol. The Bertz CT molecular complexity index is 1110. The van der Waals surface area contributed by atoms with Gasteiger partial charge in [0.2, 0.25) is 10.0 Å². The average Bonchev–Trinajstić information content (AvgIpc) is 3.14. The summed E-state index contributed by atoms with van der Waals surface area (Å²) in [6.45, 7) is 1.11. The van der Waals surface area contributed by atoms with Gasteiger partial charge < -0.3 is 9.64 Å². The second-order valence-corrected chi connectivity index (χ2v) is 8.90. The number of benzene rings is 1. The summed E-state index contributed by atoms with van der Waals surface area (Å²) in [5, 5.41) is 12.6. The molecule has 10 heteroatoms. The number of ether oxygens (including phenoxy) is 1. The van der Waals surface area contributed by atoms with E-state index in [0.29, 0.717) is 18.9 Å².